The highest BCUT2D eigenvalue weighted by Gasteiger charge is 2.39. The summed E-state index contributed by atoms with van der Waals surface area (Å²) in [5.41, 5.74) is 0.623. The van der Waals surface area contributed by atoms with Crippen molar-refractivity contribution in [1.29, 1.82) is 0 Å². The summed E-state index contributed by atoms with van der Waals surface area (Å²) < 4.78 is 10.7. The summed E-state index contributed by atoms with van der Waals surface area (Å²) in [7, 11) is 3.13. The van der Waals surface area contributed by atoms with Gasteiger partial charge in [-0.1, -0.05) is 0 Å². The van der Waals surface area contributed by atoms with Gasteiger partial charge in [0.05, 0.1) is 32.4 Å². The summed E-state index contributed by atoms with van der Waals surface area (Å²) in [5, 5.41) is 0. The highest BCUT2D eigenvalue weighted by atomic mass is 16.5. The maximum Gasteiger partial charge on any atom is 0.236 e. The number of rotatable bonds is 6. The van der Waals surface area contributed by atoms with Gasteiger partial charge in [-0.15, -0.1) is 0 Å². The molecule has 1 aromatic rings. The number of carbonyl (C=O) groups excluding carboxylic acids is 3. The van der Waals surface area contributed by atoms with Crippen molar-refractivity contribution >= 4 is 23.4 Å². The summed E-state index contributed by atoms with van der Waals surface area (Å²) in [6.45, 7) is 5.00. The molecule has 0 aliphatic carbocycles. The molecule has 3 amide bonds. The molecule has 1 aromatic carbocycles. The van der Waals surface area contributed by atoms with Crippen LogP contribution in [0.25, 0.3) is 0 Å². The molecule has 0 radical (unpaired) electrons. The zero-order chi connectivity index (χ0) is 22.7. The lowest BCUT2D eigenvalue weighted by Crippen LogP contribution is -2.52. The van der Waals surface area contributed by atoms with Gasteiger partial charge in [-0.3, -0.25) is 19.3 Å². The Balaban J connectivity index is 1.33. The third-order valence-electron chi connectivity index (χ3n) is 6.65. The van der Waals surface area contributed by atoms with Gasteiger partial charge in [0, 0.05) is 58.3 Å². The van der Waals surface area contributed by atoms with Crippen LogP contribution < -0.4 is 14.4 Å². The Labute approximate surface area is 188 Å². The van der Waals surface area contributed by atoms with Crippen LogP contribution in [0.15, 0.2) is 18.2 Å². The second-order valence-electron chi connectivity index (χ2n) is 8.63. The van der Waals surface area contributed by atoms with E-state index in [9.17, 15) is 14.4 Å². The Morgan fingerprint density at radius 3 is 2.34 bits per heavy atom. The smallest absolute Gasteiger partial charge is 0.236 e. The maximum absolute atomic E-state index is 13.1. The lowest BCUT2D eigenvalue weighted by molar-refractivity contribution is -0.138. The fourth-order valence-electron chi connectivity index (χ4n) is 4.76. The lowest BCUT2D eigenvalue weighted by atomic mass is 10.1. The first kappa shape index (κ1) is 22.4. The fourth-order valence-corrected chi connectivity index (χ4v) is 4.76. The second kappa shape index (κ2) is 9.77. The molecule has 0 N–H and O–H groups in total. The number of amides is 3. The van der Waals surface area contributed by atoms with Crippen LogP contribution in [0, 0.1) is 5.92 Å². The number of carbonyl (C=O) groups is 3. The molecule has 3 heterocycles. The van der Waals surface area contributed by atoms with Crippen LogP contribution in [0.5, 0.6) is 11.5 Å². The van der Waals surface area contributed by atoms with Crippen LogP contribution in [0.2, 0.25) is 0 Å². The maximum atomic E-state index is 13.1. The number of hydrogen-bond donors (Lipinski definition) is 0. The van der Waals surface area contributed by atoms with E-state index in [-0.39, 0.29) is 30.1 Å². The standard InChI is InChI=1S/C23H32N4O5/c1-31-18-5-6-20(32-2)19(14-18)27-15-17(13-21(27)28)23(30)26-11-9-24(10-12-26)16-22(29)25-7-3-4-8-25/h5-6,14,17H,3-4,7-13,15-16H2,1-2H3. The summed E-state index contributed by atoms with van der Waals surface area (Å²) in [6.07, 6.45) is 2.37. The van der Waals surface area contributed by atoms with E-state index in [4.69, 9.17) is 9.47 Å². The molecule has 32 heavy (non-hydrogen) atoms. The number of hydrogen-bond acceptors (Lipinski definition) is 6. The number of piperazine rings is 1. The van der Waals surface area contributed by atoms with Crippen molar-refractivity contribution in [2.45, 2.75) is 19.3 Å². The van der Waals surface area contributed by atoms with Crippen LogP contribution in [0.3, 0.4) is 0 Å². The Bertz CT molecular complexity index is 862. The normalized spacial score (nSPS) is 21.9. The van der Waals surface area contributed by atoms with Gasteiger partial charge in [-0.25, -0.2) is 0 Å². The van der Waals surface area contributed by atoms with E-state index in [1.165, 1.54) is 0 Å². The number of anilines is 1. The lowest BCUT2D eigenvalue weighted by Gasteiger charge is -2.36. The first-order valence-electron chi connectivity index (χ1n) is 11.3. The molecule has 0 saturated carbocycles. The minimum absolute atomic E-state index is 0.00762. The van der Waals surface area contributed by atoms with E-state index in [1.54, 1.807) is 37.3 Å². The molecular weight excluding hydrogens is 412 g/mol. The third kappa shape index (κ3) is 4.67. The van der Waals surface area contributed by atoms with Gasteiger partial charge in [0.15, 0.2) is 0 Å². The number of likely N-dealkylation sites (tertiary alicyclic amines) is 1. The van der Waals surface area contributed by atoms with Gasteiger partial charge >= 0.3 is 0 Å². The molecular formula is C23H32N4O5. The highest BCUT2D eigenvalue weighted by Crippen LogP contribution is 2.36. The zero-order valence-corrected chi connectivity index (χ0v) is 18.9. The summed E-state index contributed by atoms with van der Waals surface area (Å²) in [6, 6.07) is 5.30. The Morgan fingerprint density at radius 1 is 0.969 bits per heavy atom. The molecule has 0 spiro atoms. The van der Waals surface area contributed by atoms with E-state index < -0.39 is 0 Å². The number of methoxy groups -OCH3 is 2. The third-order valence-corrected chi connectivity index (χ3v) is 6.65. The fraction of sp³-hybridized carbons (Fsp3) is 0.609. The molecule has 3 aliphatic heterocycles. The highest BCUT2D eigenvalue weighted by molar-refractivity contribution is 6.01. The van der Waals surface area contributed by atoms with Gasteiger partial charge in [-0.2, -0.15) is 0 Å². The van der Waals surface area contributed by atoms with Crippen LogP contribution in [0.1, 0.15) is 19.3 Å². The minimum atomic E-state index is -0.379. The Hall–Kier alpha value is -2.81. The number of benzene rings is 1. The predicted octanol–water partition coefficient (Wildman–Crippen LogP) is 0.823. The van der Waals surface area contributed by atoms with Gasteiger partial charge in [0.1, 0.15) is 11.5 Å². The average molecular weight is 445 g/mol. The molecule has 4 rings (SSSR count). The molecule has 1 unspecified atom stereocenters. The van der Waals surface area contributed by atoms with Crippen molar-refractivity contribution in [2.75, 3.05) is 71.5 Å². The molecule has 3 saturated heterocycles. The predicted molar refractivity (Wildman–Crippen MR) is 119 cm³/mol. The molecule has 9 heteroatoms. The van der Waals surface area contributed by atoms with Crippen LogP contribution in [0.4, 0.5) is 5.69 Å². The summed E-state index contributed by atoms with van der Waals surface area (Å²) in [4.78, 5) is 45.8. The average Bonchev–Trinajstić information content (AvgIpc) is 3.49. The van der Waals surface area contributed by atoms with Crippen molar-refractivity contribution < 1.29 is 23.9 Å². The summed E-state index contributed by atoms with van der Waals surface area (Å²) >= 11 is 0. The monoisotopic (exact) mass is 444 g/mol. The van der Waals surface area contributed by atoms with E-state index >= 15 is 0 Å². The first-order valence-corrected chi connectivity index (χ1v) is 11.3. The van der Waals surface area contributed by atoms with Crippen molar-refractivity contribution in [3.63, 3.8) is 0 Å². The molecule has 0 bridgehead atoms. The SMILES string of the molecule is COc1ccc(OC)c(N2CC(C(=O)N3CCN(CC(=O)N4CCCC4)CC3)CC2=O)c1. The minimum Gasteiger partial charge on any atom is -0.497 e. The van der Waals surface area contributed by atoms with E-state index in [0.717, 1.165) is 25.9 Å². The van der Waals surface area contributed by atoms with Crippen LogP contribution >= 0.6 is 0 Å². The molecule has 9 nitrogen and oxygen atoms in total. The quantitative estimate of drug-likeness (QED) is 0.646. The second-order valence-corrected chi connectivity index (χ2v) is 8.63. The zero-order valence-electron chi connectivity index (χ0n) is 18.9. The molecule has 0 aromatic heterocycles. The number of ether oxygens (including phenoxy) is 2. The molecule has 3 fully saturated rings. The van der Waals surface area contributed by atoms with Crippen molar-refractivity contribution in [2.24, 2.45) is 5.92 Å². The van der Waals surface area contributed by atoms with Gasteiger partial charge < -0.3 is 24.2 Å². The van der Waals surface area contributed by atoms with Crippen LogP contribution in [-0.4, -0.2) is 99.0 Å². The van der Waals surface area contributed by atoms with Gasteiger partial charge in [0.25, 0.3) is 0 Å². The van der Waals surface area contributed by atoms with Crippen molar-refractivity contribution in [1.82, 2.24) is 14.7 Å². The first-order chi connectivity index (χ1) is 15.5. The Kier molecular flexibility index (Phi) is 6.83. The topological polar surface area (TPSA) is 82.6 Å². The Morgan fingerprint density at radius 2 is 1.69 bits per heavy atom. The summed E-state index contributed by atoms with van der Waals surface area (Å²) in [5.74, 6) is 0.923. The number of nitrogens with zero attached hydrogens (tertiary/aromatic N) is 4. The van der Waals surface area contributed by atoms with E-state index in [2.05, 4.69) is 4.90 Å². The van der Waals surface area contributed by atoms with E-state index in [0.29, 0.717) is 56.5 Å². The molecule has 174 valence electrons. The largest absolute Gasteiger partial charge is 0.497 e. The van der Waals surface area contributed by atoms with Crippen LogP contribution in [-0.2, 0) is 14.4 Å². The van der Waals surface area contributed by atoms with Gasteiger partial charge in [-0.05, 0) is 25.0 Å². The van der Waals surface area contributed by atoms with E-state index in [1.807, 2.05) is 9.80 Å². The molecule has 3 aliphatic rings. The van der Waals surface area contributed by atoms with Crippen molar-refractivity contribution in [3.8, 4) is 11.5 Å². The van der Waals surface area contributed by atoms with Crippen molar-refractivity contribution in [3.05, 3.63) is 18.2 Å². The molecule has 1 atom stereocenters. The van der Waals surface area contributed by atoms with Gasteiger partial charge in [0.2, 0.25) is 17.7 Å².